The molecule has 8 nitrogen and oxygen atoms in total. The molecular weight excluding hydrogens is 572 g/mol. The maximum atomic E-state index is 14.3. The third-order valence-corrected chi connectivity index (χ3v) is 9.42. The monoisotopic (exact) mass is 606 g/mol. The van der Waals surface area contributed by atoms with E-state index in [1.54, 1.807) is 29.2 Å². The van der Waals surface area contributed by atoms with Crippen molar-refractivity contribution in [2.75, 3.05) is 0 Å². The molecule has 4 aromatic carbocycles. The Morgan fingerprint density at radius 3 is 2.16 bits per heavy atom. The van der Waals surface area contributed by atoms with Crippen LogP contribution in [0.4, 0.5) is 0 Å². The second kappa shape index (κ2) is 11.7. The Balaban J connectivity index is 1.50. The van der Waals surface area contributed by atoms with E-state index in [9.17, 15) is 18.0 Å². The summed E-state index contributed by atoms with van der Waals surface area (Å²) < 4.78 is 28.1. The van der Waals surface area contributed by atoms with Gasteiger partial charge in [0.15, 0.2) is 0 Å². The Morgan fingerprint density at radius 1 is 0.841 bits per heavy atom. The number of fused-ring (bicyclic) bond motifs is 2. The molecule has 1 aliphatic rings. The van der Waals surface area contributed by atoms with Gasteiger partial charge in [-0.3, -0.25) is 15.0 Å². The lowest BCUT2D eigenvalue weighted by Crippen LogP contribution is -2.53. The number of aromatic nitrogens is 1. The highest BCUT2D eigenvalue weighted by Crippen LogP contribution is 2.47. The molecule has 0 bridgehead atoms. The Morgan fingerprint density at radius 2 is 1.45 bits per heavy atom. The van der Waals surface area contributed by atoms with Crippen LogP contribution in [0.3, 0.4) is 0 Å². The molecule has 0 saturated carbocycles. The average Bonchev–Trinajstić information content (AvgIpc) is 3.49. The highest BCUT2D eigenvalue weighted by molar-refractivity contribution is 7.89. The molecule has 2 amide bonds. The SMILES string of the molecule is CC(C)CC(C(=O)NNS(=O)(=O)c1ccccc1)N1C(=O)c2ccccc2C1c1c(-c2ccccc2)n(C)c2ccccc12. The van der Waals surface area contributed by atoms with E-state index in [1.807, 2.05) is 87.6 Å². The van der Waals surface area contributed by atoms with Gasteiger partial charge in [-0.15, -0.1) is 4.83 Å². The molecule has 0 spiro atoms. The number of aryl methyl sites for hydroxylation is 1. The first-order valence-electron chi connectivity index (χ1n) is 14.6. The third kappa shape index (κ3) is 5.18. The molecule has 0 radical (unpaired) electrons. The molecular formula is C35H34N4O4S. The molecule has 1 aliphatic heterocycles. The Kier molecular flexibility index (Phi) is 7.84. The molecule has 1 aromatic heterocycles. The Labute approximate surface area is 257 Å². The number of nitrogens with one attached hydrogen (secondary N) is 2. The van der Waals surface area contributed by atoms with Crippen molar-refractivity contribution in [2.24, 2.45) is 13.0 Å². The topological polar surface area (TPSA) is 101 Å². The summed E-state index contributed by atoms with van der Waals surface area (Å²) in [4.78, 5) is 32.2. The minimum absolute atomic E-state index is 0.0199. The summed E-state index contributed by atoms with van der Waals surface area (Å²) in [6, 6.07) is 31.8. The number of hydrazine groups is 1. The van der Waals surface area contributed by atoms with E-state index in [4.69, 9.17) is 0 Å². The van der Waals surface area contributed by atoms with Gasteiger partial charge in [-0.05, 0) is 47.7 Å². The van der Waals surface area contributed by atoms with Gasteiger partial charge in [-0.1, -0.05) is 98.8 Å². The number of sulfonamides is 1. The summed E-state index contributed by atoms with van der Waals surface area (Å²) >= 11 is 0. The van der Waals surface area contributed by atoms with Gasteiger partial charge in [0, 0.05) is 29.1 Å². The number of para-hydroxylation sites is 1. The molecule has 44 heavy (non-hydrogen) atoms. The van der Waals surface area contributed by atoms with E-state index in [2.05, 4.69) is 20.9 Å². The van der Waals surface area contributed by atoms with E-state index in [0.717, 1.165) is 33.3 Å². The minimum Gasteiger partial charge on any atom is -0.343 e. The number of carbonyl (C=O) groups excluding carboxylic acids is 2. The van der Waals surface area contributed by atoms with Gasteiger partial charge in [0.25, 0.3) is 21.8 Å². The van der Waals surface area contributed by atoms with Gasteiger partial charge in [0.05, 0.1) is 16.6 Å². The highest BCUT2D eigenvalue weighted by atomic mass is 32.2. The lowest BCUT2D eigenvalue weighted by atomic mass is 9.91. The van der Waals surface area contributed by atoms with Crippen LogP contribution in [-0.2, 0) is 21.9 Å². The number of rotatable bonds is 9. The zero-order valence-electron chi connectivity index (χ0n) is 24.8. The van der Waals surface area contributed by atoms with Crippen molar-refractivity contribution in [3.63, 3.8) is 0 Å². The summed E-state index contributed by atoms with van der Waals surface area (Å²) in [5, 5.41) is 0.974. The van der Waals surface area contributed by atoms with Crippen LogP contribution < -0.4 is 10.3 Å². The highest BCUT2D eigenvalue weighted by Gasteiger charge is 2.46. The van der Waals surface area contributed by atoms with E-state index in [-0.39, 0.29) is 16.7 Å². The zero-order chi connectivity index (χ0) is 31.0. The van der Waals surface area contributed by atoms with Gasteiger partial charge in [0.2, 0.25) is 0 Å². The lowest BCUT2D eigenvalue weighted by molar-refractivity contribution is -0.127. The summed E-state index contributed by atoms with van der Waals surface area (Å²) in [6.45, 7) is 3.95. The van der Waals surface area contributed by atoms with Gasteiger partial charge in [-0.25, -0.2) is 8.42 Å². The fourth-order valence-corrected chi connectivity index (χ4v) is 7.12. The fraction of sp³-hybridized carbons (Fsp3) is 0.200. The van der Waals surface area contributed by atoms with Gasteiger partial charge in [-0.2, -0.15) is 0 Å². The second-order valence-electron chi connectivity index (χ2n) is 11.5. The van der Waals surface area contributed by atoms with Crippen LogP contribution in [0, 0.1) is 5.92 Å². The Bertz CT molecular complexity index is 1950. The Hall–Kier alpha value is -4.73. The van der Waals surface area contributed by atoms with Crippen LogP contribution in [0.15, 0.2) is 114 Å². The zero-order valence-corrected chi connectivity index (χ0v) is 25.6. The molecule has 0 fully saturated rings. The molecule has 0 aliphatic carbocycles. The van der Waals surface area contributed by atoms with Crippen molar-refractivity contribution in [2.45, 2.75) is 37.2 Å². The van der Waals surface area contributed by atoms with E-state index < -0.39 is 28.0 Å². The van der Waals surface area contributed by atoms with Crippen LogP contribution in [0.1, 0.15) is 47.8 Å². The largest absolute Gasteiger partial charge is 0.343 e. The molecule has 2 atom stereocenters. The summed E-state index contributed by atoms with van der Waals surface area (Å²) in [7, 11) is -2.02. The van der Waals surface area contributed by atoms with E-state index in [0.29, 0.717) is 12.0 Å². The van der Waals surface area contributed by atoms with Gasteiger partial charge >= 0.3 is 0 Å². The smallest absolute Gasteiger partial charge is 0.257 e. The number of amides is 2. The van der Waals surface area contributed by atoms with Crippen molar-refractivity contribution >= 4 is 32.7 Å². The molecule has 6 rings (SSSR count). The van der Waals surface area contributed by atoms with Crippen molar-refractivity contribution in [1.82, 2.24) is 19.7 Å². The number of hydrogen-bond donors (Lipinski definition) is 2. The number of carbonyl (C=O) groups is 2. The third-order valence-electron chi connectivity index (χ3n) is 8.16. The van der Waals surface area contributed by atoms with Crippen LogP contribution >= 0.6 is 0 Å². The van der Waals surface area contributed by atoms with Crippen molar-refractivity contribution in [3.8, 4) is 11.3 Å². The first-order valence-corrected chi connectivity index (χ1v) is 16.1. The maximum absolute atomic E-state index is 14.3. The molecule has 2 unspecified atom stereocenters. The van der Waals surface area contributed by atoms with Gasteiger partial charge < -0.3 is 9.47 Å². The van der Waals surface area contributed by atoms with Crippen LogP contribution in [0.5, 0.6) is 0 Å². The summed E-state index contributed by atoms with van der Waals surface area (Å²) in [5.74, 6) is -0.857. The standard InChI is InChI=1S/C35H34N4O4S/c1-23(2)22-30(34(40)36-37-44(42,43)25-16-8-5-9-17-25)39-33(26-18-10-11-19-27(26)35(39)41)31-28-20-12-13-21-29(28)38(3)32(31)24-14-6-4-7-15-24/h4-21,23,30,33,37H,22H2,1-3H3,(H,36,40). The number of nitrogens with zero attached hydrogens (tertiary/aromatic N) is 2. The molecule has 9 heteroatoms. The normalized spacial score (nSPS) is 15.5. The first kappa shape index (κ1) is 29.3. The van der Waals surface area contributed by atoms with Crippen LogP contribution in [-0.4, -0.2) is 35.7 Å². The number of hydrogen-bond acceptors (Lipinski definition) is 4. The van der Waals surface area contributed by atoms with Crippen molar-refractivity contribution in [3.05, 3.63) is 126 Å². The summed E-state index contributed by atoms with van der Waals surface area (Å²) in [6.07, 6.45) is 0.320. The fourth-order valence-electron chi connectivity index (χ4n) is 6.25. The molecule has 2 heterocycles. The van der Waals surface area contributed by atoms with E-state index >= 15 is 0 Å². The summed E-state index contributed by atoms with van der Waals surface area (Å²) in [5.41, 5.74) is 7.61. The first-order chi connectivity index (χ1) is 21.2. The maximum Gasteiger partial charge on any atom is 0.257 e. The quantitative estimate of drug-likeness (QED) is 0.207. The second-order valence-corrected chi connectivity index (χ2v) is 13.1. The van der Waals surface area contributed by atoms with Crippen LogP contribution in [0.25, 0.3) is 22.2 Å². The molecule has 5 aromatic rings. The predicted molar refractivity (Wildman–Crippen MR) is 171 cm³/mol. The molecule has 224 valence electrons. The van der Waals surface area contributed by atoms with Crippen molar-refractivity contribution < 1.29 is 18.0 Å². The lowest BCUT2D eigenvalue weighted by Gasteiger charge is -2.34. The van der Waals surface area contributed by atoms with E-state index in [1.165, 1.54) is 12.1 Å². The number of benzene rings is 4. The molecule has 0 saturated heterocycles. The molecule has 2 N–H and O–H groups in total. The van der Waals surface area contributed by atoms with Crippen LogP contribution in [0.2, 0.25) is 0 Å². The average molecular weight is 607 g/mol. The predicted octanol–water partition coefficient (Wildman–Crippen LogP) is 5.81. The van der Waals surface area contributed by atoms with Gasteiger partial charge in [0.1, 0.15) is 6.04 Å². The van der Waals surface area contributed by atoms with Crippen molar-refractivity contribution in [1.29, 1.82) is 0 Å². The minimum atomic E-state index is -4.03.